The second-order valence-corrected chi connectivity index (χ2v) is 12.6. The molecule has 0 bridgehead atoms. The van der Waals surface area contributed by atoms with Crippen molar-refractivity contribution in [3.8, 4) is 0 Å². The fourth-order valence-corrected chi connectivity index (χ4v) is 4.95. The van der Waals surface area contributed by atoms with Gasteiger partial charge in [-0.1, -0.05) is 103 Å². The van der Waals surface area contributed by atoms with Crippen molar-refractivity contribution in [1.82, 2.24) is 0 Å². The topological polar surface area (TPSA) is 113 Å². The molecule has 0 radical (unpaired) electrons. The summed E-state index contributed by atoms with van der Waals surface area (Å²) >= 11 is 0. The number of carbonyl (C=O) groups excluding carboxylic acids is 1. The number of carbonyl (C=O) groups is 1. The lowest BCUT2D eigenvalue weighted by Gasteiger charge is -2.28. The lowest BCUT2D eigenvalue weighted by Crippen LogP contribution is -2.45. The van der Waals surface area contributed by atoms with Gasteiger partial charge in [0.25, 0.3) is 0 Å². The number of aliphatic hydroxyl groups is 2. The number of hydrogen-bond acceptors (Lipinski definition) is 6. The van der Waals surface area contributed by atoms with Crippen molar-refractivity contribution < 1.29 is 38.0 Å². The number of nitrogens with zero attached hydrogens (tertiary/aromatic N) is 1. The monoisotopic (exact) mass is 550 g/mol. The zero-order chi connectivity index (χ0) is 28.0. The normalized spacial score (nSPS) is 15.6. The molecule has 9 heteroatoms. The molecule has 0 aliphatic heterocycles. The molecule has 0 heterocycles. The quantitative estimate of drug-likeness (QED) is 0.0529. The van der Waals surface area contributed by atoms with Crippen molar-refractivity contribution in [2.24, 2.45) is 0 Å². The van der Waals surface area contributed by atoms with E-state index in [2.05, 4.69) is 6.92 Å². The first-order valence-corrected chi connectivity index (χ1v) is 16.0. The Morgan fingerprint density at radius 2 is 1.32 bits per heavy atom. The van der Waals surface area contributed by atoms with Gasteiger partial charge in [-0.3, -0.25) is 13.8 Å². The molecule has 0 aromatic rings. The molecule has 8 nitrogen and oxygen atoms in total. The standard InChI is InChI=1S/C28H56NO7P/c1-5-6-7-8-9-10-11-12-13-14-15-16-17-18-19-20-21-22-27(32)28(23-29(2,3)4)36-37(33,34)35-25-26(31)24-30/h21-22,26,28,30-31H,5-20,23-25H2,1-4H3/p+1. The Balaban J connectivity index is 4.07. The van der Waals surface area contributed by atoms with Gasteiger partial charge in [0.15, 0.2) is 11.9 Å². The average molecular weight is 551 g/mol. The summed E-state index contributed by atoms with van der Waals surface area (Å²) in [6.45, 7) is 1.27. The molecule has 0 saturated carbocycles. The molecule has 3 N–H and O–H groups in total. The van der Waals surface area contributed by atoms with Crippen LogP contribution in [0.1, 0.15) is 110 Å². The average Bonchev–Trinajstić information content (AvgIpc) is 2.82. The lowest BCUT2D eigenvalue weighted by molar-refractivity contribution is -0.872. The number of unbranched alkanes of at least 4 members (excludes halogenated alkanes) is 15. The van der Waals surface area contributed by atoms with Crippen LogP contribution in [-0.4, -0.2) is 78.5 Å². The van der Waals surface area contributed by atoms with Crippen LogP contribution in [0, 0.1) is 0 Å². The van der Waals surface area contributed by atoms with E-state index in [0.29, 0.717) is 4.48 Å². The van der Waals surface area contributed by atoms with E-state index in [4.69, 9.17) is 14.2 Å². The van der Waals surface area contributed by atoms with Crippen molar-refractivity contribution in [2.75, 3.05) is 40.9 Å². The van der Waals surface area contributed by atoms with Crippen LogP contribution < -0.4 is 0 Å². The third-order valence-electron chi connectivity index (χ3n) is 6.19. The molecular formula is C28H57NO7P+. The highest BCUT2D eigenvalue weighted by Crippen LogP contribution is 2.45. The van der Waals surface area contributed by atoms with E-state index in [-0.39, 0.29) is 6.54 Å². The van der Waals surface area contributed by atoms with E-state index in [9.17, 15) is 19.4 Å². The highest BCUT2D eigenvalue weighted by atomic mass is 31.2. The summed E-state index contributed by atoms with van der Waals surface area (Å²) in [7, 11) is 0.978. The third-order valence-corrected chi connectivity index (χ3v) is 7.18. The number of ketones is 1. The Morgan fingerprint density at radius 1 is 0.865 bits per heavy atom. The minimum absolute atomic E-state index is 0.179. The Bertz CT molecular complexity index is 637. The zero-order valence-corrected chi connectivity index (χ0v) is 25.0. The minimum atomic E-state index is -4.57. The van der Waals surface area contributed by atoms with Crippen molar-refractivity contribution in [2.45, 2.75) is 122 Å². The van der Waals surface area contributed by atoms with Crippen molar-refractivity contribution in [1.29, 1.82) is 0 Å². The largest absolute Gasteiger partial charge is 0.473 e. The summed E-state index contributed by atoms with van der Waals surface area (Å²) in [5.74, 6) is -0.394. The summed E-state index contributed by atoms with van der Waals surface area (Å²) < 4.78 is 22.4. The molecular weight excluding hydrogens is 493 g/mol. The van der Waals surface area contributed by atoms with Gasteiger partial charge in [-0.05, 0) is 18.9 Å². The summed E-state index contributed by atoms with van der Waals surface area (Å²) in [4.78, 5) is 22.6. The van der Waals surface area contributed by atoms with Gasteiger partial charge in [-0.15, -0.1) is 0 Å². The van der Waals surface area contributed by atoms with Crippen molar-refractivity contribution in [3.05, 3.63) is 12.2 Å². The Kier molecular flexibility index (Phi) is 21.9. The fraction of sp³-hybridized carbons (Fsp3) is 0.893. The molecule has 0 fully saturated rings. The van der Waals surface area contributed by atoms with Crippen molar-refractivity contribution in [3.63, 3.8) is 0 Å². The van der Waals surface area contributed by atoms with Gasteiger partial charge in [0, 0.05) is 0 Å². The first-order valence-electron chi connectivity index (χ1n) is 14.5. The van der Waals surface area contributed by atoms with E-state index in [1.54, 1.807) is 6.08 Å². The highest BCUT2D eigenvalue weighted by Gasteiger charge is 2.34. The maximum atomic E-state index is 12.7. The molecule has 37 heavy (non-hydrogen) atoms. The molecule has 0 aromatic heterocycles. The predicted octanol–water partition coefficient (Wildman–Crippen LogP) is 5.93. The zero-order valence-electron chi connectivity index (χ0n) is 24.1. The number of phosphoric ester groups is 1. The van der Waals surface area contributed by atoms with Crippen LogP contribution >= 0.6 is 7.82 Å². The number of rotatable bonds is 26. The summed E-state index contributed by atoms with van der Waals surface area (Å²) in [6, 6.07) is 0. The first-order chi connectivity index (χ1) is 17.5. The van der Waals surface area contributed by atoms with Crippen molar-refractivity contribution >= 4 is 13.6 Å². The second-order valence-electron chi connectivity index (χ2n) is 11.2. The lowest BCUT2D eigenvalue weighted by atomic mass is 10.0. The molecule has 3 unspecified atom stereocenters. The Morgan fingerprint density at radius 3 is 1.76 bits per heavy atom. The van der Waals surface area contributed by atoms with Gasteiger partial charge in [-0.2, -0.15) is 0 Å². The van der Waals surface area contributed by atoms with Crippen LogP contribution in [0.5, 0.6) is 0 Å². The van der Waals surface area contributed by atoms with E-state index >= 15 is 0 Å². The highest BCUT2D eigenvalue weighted by molar-refractivity contribution is 7.47. The number of phosphoric acid groups is 1. The van der Waals surface area contributed by atoms with Gasteiger partial charge < -0.3 is 19.6 Å². The van der Waals surface area contributed by atoms with Crippen LogP contribution in [0.3, 0.4) is 0 Å². The maximum absolute atomic E-state index is 12.7. The molecule has 0 saturated heterocycles. The van der Waals surface area contributed by atoms with Gasteiger partial charge in [0.1, 0.15) is 12.6 Å². The molecule has 0 spiro atoms. The SMILES string of the molecule is CCCCCCCCCCCCCCCCCC=CC(=O)C(C[N+](C)(C)C)OP(=O)(O)OCC(O)CO. The van der Waals surface area contributed by atoms with E-state index in [1.807, 2.05) is 21.1 Å². The van der Waals surface area contributed by atoms with Crippen LogP contribution in [0.4, 0.5) is 0 Å². The Labute approximate surface area is 226 Å². The van der Waals surface area contributed by atoms with Gasteiger partial charge in [0.05, 0.1) is 34.4 Å². The molecule has 220 valence electrons. The number of hydrogen-bond donors (Lipinski definition) is 3. The van der Waals surface area contributed by atoms with Crippen LogP contribution in [0.25, 0.3) is 0 Å². The first kappa shape index (κ1) is 36.4. The molecule has 0 rings (SSSR count). The van der Waals surface area contributed by atoms with E-state index in [0.717, 1.165) is 19.3 Å². The number of quaternary nitrogens is 1. The maximum Gasteiger partial charge on any atom is 0.473 e. The Hall–Kier alpha value is -0.600. The van der Waals surface area contributed by atoms with Gasteiger partial charge in [-0.25, -0.2) is 4.57 Å². The molecule has 0 aliphatic rings. The van der Waals surface area contributed by atoms with Gasteiger partial charge >= 0.3 is 7.82 Å². The van der Waals surface area contributed by atoms with Crippen LogP contribution in [0.2, 0.25) is 0 Å². The minimum Gasteiger partial charge on any atom is -0.394 e. The second kappa shape index (κ2) is 22.2. The van der Waals surface area contributed by atoms with E-state index in [1.165, 1.54) is 89.5 Å². The predicted molar refractivity (Wildman–Crippen MR) is 150 cm³/mol. The summed E-state index contributed by atoms with van der Waals surface area (Å²) in [6.07, 6.45) is 21.2. The third kappa shape index (κ3) is 24.2. The molecule has 0 aromatic carbocycles. The molecule has 3 atom stereocenters. The number of allylic oxidation sites excluding steroid dienone is 1. The number of likely N-dealkylation sites (N-methyl/N-ethyl adjacent to an activating group) is 1. The molecule has 0 amide bonds. The van der Waals surface area contributed by atoms with Gasteiger partial charge in [0.2, 0.25) is 0 Å². The smallest absolute Gasteiger partial charge is 0.394 e. The number of aliphatic hydroxyl groups excluding tert-OH is 2. The fourth-order valence-electron chi connectivity index (χ4n) is 4.04. The summed E-state index contributed by atoms with van der Waals surface area (Å²) in [5.41, 5.74) is 0. The van der Waals surface area contributed by atoms with Crippen LogP contribution in [-0.2, 0) is 18.4 Å². The molecule has 0 aliphatic carbocycles. The summed E-state index contributed by atoms with van der Waals surface area (Å²) in [5, 5.41) is 18.1. The van der Waals surface area contributed by atoms with E-state index < -0.39 is 39.0 Å². The van der Waals surface area contributed by atoms with Crippen LogP contribution in [0.15, 0.2) is 12.2 Å².